The normalized spacial score (nSPS) is 12.2. The summed E-state index contributed by atoms with van der Waals surface area (Å²) >= 11 is 6.02. The summed E-state index contributed by atoms with van der Waals surface area (Å²) in [6.07, 6.45) is 0. The molecule has 0 spiro atoms. The van der Waals surface area contributed by atoms with Crippen LogP contribution in [0.5, 0.6) is 0 Å². The fourth-order valence-electron chi connectivity index (χ4n) is 1.79. The number of fused-ring (bicyclic) bond motifs is 1. The topological polar surface area (TPSA) is 63.8 Å². The third-order valence-electron chi connectivity index (χ3n) is 2.77. The van der Waals surface area contributed by atoms with Crippen molar-refractivity contribution >= 4 is 22.6 Å². The van der Waals surface area contributed by atoms with Crippen molar-refractivity contribution in [3.8, 4) is 0 Å². The highest BCUT2D eigenvalue weighted by atomic mass is 35.5. The van der Waals surface area contributed by atoms with Gasteiger partial charge in [-0.1, -0.05) is 17.7 Å². The average molecular weight is 240 g/mol. The molecule has 0 aliphatic rings. The lowest BCUT2D eigenvalue weighted by atomic mass is 10.1. The van der Waals surface area contributed by atoms with Crippen LogP contribution in [0.25, 0.3) is 11.0 Å². The molecule has 0 saturated carbocycles. The molecule has 86 valence electrons. The predicted molar refractivity (Wildman–Crippen MR) is 65.9 cm³/mol. The van der Waals surface area contributed by atoms with Gasteiger partial charge in [-0.05, 0) is 26.0 Å². The second-order valence-electron chi connectivity index (χ2n) is 4.42. The van der Waals surface area contributed by atoms with E-state index in [4.69, 9.17) is 17.3 Å². The van der Waals surface area contributed by atoms with Gasteiger partial charge in [-0.15, -0.1) is 0 Å². The van der Waals surface area contributed by atoms with E-state index < -0.39 is 5.54 Å². The summed E-state index contributed by atoms with van der Waals surface area (Å²) in [4.78, 5) is 14.6. The summed E-state index contributed by atoms with van der Waals surface area (Å²) in [5.74, 6) is 0. The Morgan fingerprint density at radius 1 is 1.50 bits per heavy atom. The summed E-state index contributed by atoms with van der Waals surface area (Å²) in [5.41, 5.74) is 6.52. The van der Waals surface area contributed by atoms with Crippen molar-refractivity contribution in [2.45, 2.75) is 19.4 Å². The van der Waals surface area contributed by atoms with E-state index in [1.165, 1.54) is 0 Å². The first-order chi connectivity index (χ1) is 7.47. The van der Waals surface area contributed by atoms with Crippen LogP contribution in [0, 0.1) is 0 Å². The second kappa shape index (κ2) is 3.64. The van der Waals surface area contributed by atoms with E-state index in [1.54, 1.807) is 10.6 Å². The Bertz CT molecular complexity index is 582. The van der Waals surface area contributed by atoms with E-state index in [2.05, 4.69) is 4.98 Å². The van der Waals surface area contributed by atoms with Gasteiger partial charge in [-0.25, -0.2) is 4.79 Å². The number of benzene rings is 1. The Balaban J connectivity index is 2.85. The van der Waals surface area contributed by atoms with Gasteiger partial charge >= 0.3 is 5.69 Å². The maximum atomic E-state index is 11.9. The van der Waals surface area contributed by atoms with Crippen molar-refractivity contribution < 1.29 is 0 Å². The van der Waals surface area contributed by atoms with E-state index in [0.717, 1.165) is 5.52 Å². The van der Waals surface area contributed by atoms with Gasteiger partial charge < -0.3 is 10.7 Å². The largest absolute Gasteiger partial charge is 0.328 e. The van der Waals surface area contributed by atoms with Crippen molar-refractivity contribution in [1.82, 2.24) is 9.55 Å². The van der Waals surface area contributed by atoms with Crippen LogP contribution in [0.4, 0.5) is 0 Å². The first-order valence-electron chi connectivity index (χ1n) is 5.07. The van der Waals surface area contributed by atoms with Crippen molar-refractivity contribution in [1.29, 1.82) is 0 Å². The lowest BCUT2D eigenvalue weighted by molar-refractivity contribution is 0.367. The summed E-state index contributed by atoms with van der Waals surface area (Å²) < 4.78 is 1.65. The van der Waals surface area contributed by atoms with E-state index in [9.17, 15) is 4.79 Å². The minimum atomic E-state index is -0.431. The fraction of sp³-hybridized carbons (Fsp3) is 0.364. The van der Waals surface area contributed by atoms with Gasteiger partial charge in [-0.2, -0.15) is 0 Å². The molecule has 0 atom stereocenters. The van der Waals surface area contributed by atoms with Gasteiger partial charge in [0.1, 0.15) is 0 Å². The molecule has 4 nitrogen and oxygen atoms in total. The zero-order chi connectivity index (χ0) is 11.9. The fourth-order valence-corrected chi connectivity index (χ4v) is 2.00. The molecule has 0 amide bonds. The van der Waals surface area contributed by atoms with Crippen LogP contribution >= 0.6 is 11.6 Å². The van der Waals surface area contributed by atoms with Crippen molar-refractivity contribution in [2.75, 3.05) is 6.54 Å². The molecular weight excluding hydrogens is 226 g/mol. The van der Waals surface area contributed by atoms with Crippen LogP contribution in [0.3, 0.4) is 0 Å². The minimum absolute atomic E-state index is 0.182. The van der Waals surface area contributed by atoms with Crippen LogP contribution in [-0.2, 0) is 5.54 Å². The summed E-state index contributed by atoms with van der Waals surface area (Å²) in [5, 5.41) is 0.543. The summed E-state index contributed by atoms with van der Waals surface area (Å²) in [6.45, 7) is 4.22. The number of H-pyrrole nitrogens is 1. The van der Waals surface area contributed by atoms with Crippen LogP contribution in [0.1, 0.15) is 13.8 Å². The smallest absolute Gasteiger partial charge is 0.327 e. The number of nitrogens with two attached hydrogens (primary N) is 1. The number of aromatic nitrogens is 2. The SMILES string of the molecule is CC(C)(CN)n1c(=O)[nH]c2c(Cl)cccc21. The van der Waals surface area contributed by atoms with Crippen LogP contribution in [0.2, 0.25) is 5.02 Å². The van der Waals surface area contributed by atoms with Gasteiger partial charge in [0.25, 0.3) is 0 Å². The molecule has 2 rings (SSSR count). The van der Waals surface area contributed by atoms with Crippen LogP contribution in [-0.4, -0.2) is 16.1 Å². The number of imidazole rings is 1. The molecule has 0 bridgehead atoms. The van der Waals surface area contributed by atoms with Crippen molar-refractivity contribution in [2.24, 2.45) is 5.73 Å². The maximum absolute atomic E-state index is 11.9. The molecule has 2 aromatic rings. The van der Waals surface area contributed by atoms with Crippen molar-refractivity contribution in [3.63, 3.8) is 0 Å². The molecule has 16 heavy (non-hydrogen) atoms. The lowest BCUT2D eigenvalue weighted by Gasteiger charge is -2.24. The van der Waals surface area contributed by atoms with Gasteiger partial charge in [0, 0.05) is 6.54 Å². The van der Waals surface area contributed by atoms with Crippen molar-refractivity contribution in [3.05, 3.63) is 33.7 Å². The molecule has 1 aromatic heterocycles. The van der Waals surface area contributed by atoms with E-state index >= 15 is 0 Å². The third-order valence-corrected chi connectivity index (χ3v) is 3.09. The van der Waals surface area contributed by atoms with Gasteiger partial charge in [0.2, 0.25) is 0 Å². The molecule has 0 unspecified atom stereocenters. The Kier molecular flexibility index (Phi) is 2.56. The number of nitrogens with zero attached hydrogens (tertiary/aromatic N) is 1. The first kappa shape index (κ1) is 11.2. The first-order valence-corrected chi connectivity index (χ1v) is 5.45. The number of hydrogen-bond donors (Lipinski definition) is 2. The van der Waals surface area contributed by atoms with Crippen LogP contribution < -0.4 is 11.4 Å². The number of halogens is 1. The molecule has 1 heterocycles. The molecular formula is C11H14ClN3O. The molecule has 5 heteroatoms. The number of aromatic amines is 1. The molecule has 0 fully saturated rings. The maximum Gasteiger partial charge on any atom is 0.327 e. The highest BCUT2D eigenvalue weighted by Crippen LogP contribution is 2.24. The van der Waals surface area contributed by atoms with Crippen LogP contribution in [0.15, 0.2) is 23.0 Å². The van der Waals surface area contributed by atoms with E-state index in [1.807, 2.05) is 26.0 Å². The quantitative estimate of drug-likeness (QED) is 0.838. The summed E-state index contributed by atoms with van der Waals surface area (Å²) in [7, 11) is 0. The third kappa shape index (κ3) is 1.54. The number of rotatable bonds is 2. The molecule has 0 aliphatic carbocycles. The monoisotopic (exact) mass is 239 g/mol. The molecule has 0 saturated heterocycles. The standard InChI is InChI=1S/C11H14ClN3O/c1-11(2,6-13)15-8-5-3-4-7(12)9(8)14-10(15)16/h3-5H,6,13H2,1-2H3,(H,14,16). The number of hydrogen-bond acceptors (Lipinski definition) is 2. The van der Waals surface area contributed by atoms with Gasteiger partial charge in [0.15, 0.2) is 0 Å². The Morgan fingerprint density at radius 2 is 2.19 bits per heavy atom. The lowest BCUT2D eigenvalue weighted by Crippen LogP contribution is -2.40. The van der Waals surface area contributed by atoms with Gasteiger partial charge in [0.05, 0.1) is 21.6 Å². The predicted octanol–water partition coefficient (Wildman–Crippen LogP) is 1.68. The molecule has 0 aliphatic heterocycles. The Morgan fingerprint density at radius 3 is 2.81 bits per heavy atom. The van der Waals surface area contributed by atoms with Gasteiger partial charge in [-0.3, -0.25) is 4.57 Å². The second-order valence-corrected chi connectivity index (χ2v) is 4.82. The Labute approximate surface area is 98.0 Å². The number of para-hydroxylation sites is 1. The molecule has 3 N–H and O–H groups in total. The molecule has 1 aromatic carbocycles. The minimum Gasteiger partial charge on any atom is -0.328 e. The molecule has 0 radical (unpaired) electrons. The Hall–Kier alpha value is -1.26. The van der Waals surface area contributed by atoms with E-state index in [-0.39, 0.29) is 5.69 Å². The average Bonchev–Trinajstić information content (AvgIpc) is 2.57. The van der Waals surface area contributed by atoms with E-state index in [0.29, 0.717) is 17.1 Å². The summed E-state index contributed by atoms with van der Waals surface area (Å²) in [6, 6.07) is 5.43. The highest BCUT2D eigenvalue weighted by Gasteiger charge is 2.23. The zero-order valence-electron chi connectivity index (χ0n) is 9.25. The zero-order valence-corrected chi connectivity index (χ0v) is 10.0. The number of nitrogens with one attached hydrogen (secondary N) is 1. The highest BCUT2D eigenvalue weighted by molar-refractivity contribution is 6.34.